The highest BCUT2D eigenvalue weighted by Crippen LogP contribution is 2.72. The highest BCUT2D eigenvalue weighted by Gasteiger charge is 2.80. The monoisotopic (exact) mass is 314 g/mol. The molecule has 2 bridgehead atoms. The molecule has 7 heteroatoms. The topological polar surface area (TPSA) is 20.2 Å². The van der Waals surface area contributed by atoms with Crippen LogP contribution < -0.4 is 0 Å². The van der Waals surface area contributed by atoms with E-state index in [1.54, 1.807) is 0 Å². The Bertz CT molecular complexity index is 337. The third-order valence-electron chi connectivity index (χ3n) is 2.70. The Balaban J connectivity index is 2.68. The fourth-order valence-electron chi connectivity index (χ4n) is 1.80. The van der Waals surface area contributed by atoms with Gasteiger partial charge in [-0.25, -0.2) is 0 Å². The van der Waals surface area contributed by atoms with E-state index < -0.39 is 19.1 Å². The van der Waals surface area contributed by atoms with Crippen molar-refractivity contribution in [3.8, 4) is 0 Å². The smallest absolute Gasteiger partial charge is 0.196 e. The van der Waals surface area contributed by atoms with Gasteiger partial charge in [-0.1, -0.05) is 46.4 Å². The van der Waals surface area contributed by atoms with Gasteiger partial charge in [0.05, 0.1) is 0 Å². The minimum atomic E-state index is -2.04. The lowest BCUT2D eigenvalue weighted by Crippen LogP contribution is -2.55. The first-order chi connectivity index (χ1) is 6.08. The van der Waals surface area contributed by atoms with E-state index in [-0.39, 0.29) is 11.5 Å². The first-order valence-corrected chi connectivity index (χ1v) is 5.91. The fraction of sp³-hybridized carbons (Fsp3) is 0.714. The molecule has 3 atom stereocenters. The van der Waals surface area contributed by atoms with Crippen molar-refractivity contribution in [2.75, 3.05) is 0 Å². The van der Waals surface area contributed by atoms with E-state index in [1.165, 1.54) is 6.08 Å². The molecule has 0 aromatic rings. The molecule has 0 aliphatic heterocycles. The summed E-state index contributed by atoms with van der Waals surface area (Å²) in [6.07, 6.45) is 1.48. The van der Waals surface area contributed by atoms with Crippen molar-refractivity contribution in [2.24, 2.45) is 0 Å². The zero-order chi connectivity index (χ0) is 11.0. The molecule has 2 aliphatic rings. The maximum atomic E-state index is 9.94. The van der Waals surface area contributed by atoms with Crippen LogP contribution in [0.2, 0.25) is 0 Å². The number of allylic oxidation sites excluding steroid dienone is 1. The molecule has 2 aliphatic carbocycles. The molecule has 0 spiro atoms. The maximum absolute atomic E-state index is 9.94. The van der Waals surface area contributed by atoms with Crippen molar-refractivity contribution in [3.63, 3.8) is 0 Å². The van der Waals surface area contributed by atoms with Crippen molar-refractivity contribution in [1.29, 1.82) is 0 Å². The summed E-state index contributed by atoms with van der Waals surface area (Å²) in [6.45, 7) is 0. The number of hydrogen-bond acceptors (Lipinski definition) is 1. The van der Waals surface area contributed by atoms with Crippen LogP contribution in [0.1, 0.15) is 6.42 Å². The van der Waals surface area contributed by atoms with Crippen LogP contribution in [0.15, 0.2) is 11.1 Å². The van der Waals surface area contributed by atoms with Gasteiger partial charge in [-0.15, -0.1) is 23.2 Å². The first kappa shape index (κ1) is 11.9. The summed E-state index contributed by atoms with van der Waals surface area (Å²) in [5.74, 6) is 0. The summed E-state index contributed by atoms with van der Waals surface area (Å²) in [4.78, 5) is -2.65. The predicted molar refractivity (Wildman–Crippen MR) is 61.0 cm³/mol. The maximum Gasteiger partial charge on any atom is 0.196 e. The number of alkyl halides is 5. The van der Waals surface area contributed by atoms with Crippen molar-refractivity contribution in [3.05, 3.63) is 11.1 Å². The lowest BCUT2D eigenvalue weighted by atomic mass is 10.0. The highest BCUT2D eigenvalue weighted by molar-refractivity contribution is 6.63. The van der Waals surface area contributed by atoms with Gasteiger partial charge in [0, 0.05) is 11.5 Å². The molecule has 1 saturated carbocycles. The van der Waals surface area contributed by atoms with E-state index in [0.717, 1.165) is 0 Å². The number of fused-ring (bicyclic) bond motifs is 2. The molecular formula is C7H4Cl6O. The minimum absolute atomic E-state index is 0.0922. The largest absolute Gasteiger partial charge is 0.370 e. The Morgan fingerprint density at radius 2 is 1.64 bits per heavy atom. The average molecular weight is 317 g/mol. The molecule has 80 valence electrons. The summed E-state index contributed by atoms with van der Waals surface area (Å²) in [6, 6.07) is 0. The number of hydrogen-bond donors (Lipinski definition) is 1. The van der Waals surface area contributed by atoms with Crippen LogP contribution in [0, 0.1) is 0 Å². The molecule has 1 N–H and O–H groups in total. The number of halogens is 6. The van der Waals surface area contributed by atoms with E-state index in [2.05, 4.69) is 0 Å². The van der Waals surface area contributed by atoms with Crippen molar-refractivity contribution in [2.45, 2.75) is 25.6 Å². The van der Waals surface area contributed by atoms with Crippen molar-refractivity contribution >= 4 is 69.6 Å². The quantitative estimate of drug-likeness (QED) is 0.677. The van der Waals surface area contributed by atoms with Gasteiger partial charge in [0.2, 0.25) is 0 Å². The summed E-state index contributed by atoms with van der Waals surface area (Å²) >= 11 is 35.7. The summed E-state index contributed by atoms with van der Waals surface area (Å²) < 4.78 is -1.82. The van der Waals surface area contributed by atoms with Crippen LogP contribution >= 0.6 is 69.6 Å². The second kappa shape index (κ2) is 2.81. The molecular weight excluding hydrogens is 313 g/mol. The molecule has 14 heavy (non-hydrogen) atoms. The van der Waals surface area contributed by atoms with E-state index in [4.69, 9.17) is 69.6 Å². The van der Waals surface area contributed by atoms with Gasteiger partial charge >= 0.3 is 0 Å². The zero-order valence-electron chi connectivity index (χ0n) is 6.50. The first-order valence-electron chi connectivity index (χ1n) is 3.64. The normalized spacial score (nSPS) is 54.9. The van der Waals surface area contributed by atoms with Crippen molar-refractivity contribution < 1.29 is 5.11 Å². The second-order valence-electron chi connectivity index (χ2n) is 3.53. The molecule has 0 amide bonds. The van der Waals surface area contributed by atoms with E-state index in [0.29, 0.717) is 0 Å². The van der Waals surface area contributed by atoms with Crippen LogP contribution in [-0.2, 0) is 0 Å². The van der Waals surface area contributed by atoms with E-state index in [9.17, 15) is 5.11 Å². The molecule has 1 fully saturated rings. The predicted octanol–water partition coefficient (Wildman–Crippen LogP) is 3.58. The van der Waals surface area contributed by atoms with Gasteiger partial charge in [0.15, 0.2) is 9.39 Å². The lowest BCUT2D eigenvalue weighted by molar-refractivity contribution is 0.105. The Hall–Kier alpha value is 1.44. The molecule has 0 aromatic heterocycles. The summed E-state index contributed by atoms with van der Waals surface area (Å²) in [7, 11) is 0. The third kappa shape index (κ3) is 1.01. The molecule has 0 aromatic carbocycles. The van der Waals surface area contributed by atoms with Gasteiger partial charge in [0.1, 0.15) is 9.75 Å². The Kier molecular flexibility index (Phi) is 2.40. The Labute approximate surface area is 111 Å². The van der Waals surface area contributed by atoms with Gasteiger partial charge in [0.25, 0.3) is 0 Å². The van der Waals surface area contributed by atoms with E-state index >= 15 is 0 Å². The Morgan fingerprint density at radius 1 is 1.14 bits per heavy atom. The SMILES string of the molecule is OC1(Cl)C2(Cl)C=C(Cl)C(Cl)(C2)C1(Cl)Cl. The molecule has 2 rings (SSSR count). The molecule has 0 heterocycles. The van der Waals surface area contributed by atoms with Crippen LogP contribution in [0.3, 0.4) is 0 Å². The van der Waals surface area contributed by atoms with Crippen LogP contribution in [0.4, 0.5) is 0 Å². The summed E-state index contributed by atoms with van der Waals surface area (Å²) in [5, 5.41) is 8.11. The molecule has 0 radical (unpaired) electrons. The average Bonchev–Trinajstić information content (AvgIpc) is 2.28. The third-order valence-corrected chi connectivity index (χ3v) is 6.66. The number of rotatable bonds is 0. The minimum Gasteiger partial charge on any atom is -0.370 e. The van der Waals surface area contributed by atoms with Crippen LogP contribution in [0.5, 0.6) is 0 Å². The standard InChI is InChI=1S/C7H4Cl6O/c8-3-1-4(9)2-5(3,10)6(11,12)7(4,13)14/h1,14H,2H2. The van der Waals surface area contributed by atoms with Gasteiger partial charge in [-0.05, 0) is 6.08 Å². The van der Waals surface area contributed by atoms with E-state index in [1.807, 2.05) is 0 Å². The van der Waals surface area contributed by atoms with Gasteiger partial charge in [-0.3, -0.25) is 0 Å². The van der Waals surface area contributed by atoms with Crippen LogP contribution in [-0.4, -0.2) is 24.2 Å². The highest BCUT2D eigenvalue weighted by atomic mass is 35.5. The molecule has 1 nitrogen and oxygen atoms in total. The van der Waals surface area contributed by atoms with Crippen LogP contribution in [0.25, 0.3) is 0 Å². The van der Waals surface area contributed by atoms with Gasteiger partial charge < -0.3 is 5.11 Å². The molecule has 0 saturated heterocycles. The van der Waals surface area contributed by atoms with Gasteiger partial charge in [-0.2, -0.15) is 0 Å². The van der Waals surface area contributed by atoms with Crippen molar-refractivity contribution in [1.82, 2.24) is 0 Å². The fourth-order valence-corrected chi connectivity index (χ4v) is 4.37. The zero-order valence-corrected chi connectivity index (χ0v) is 11.0. The Morgan fingerprint density at radius 3 is 1.93 bits per heavy atom. The summed E-state index contributed by atoms with van der Waals surface area (Å²) in [5.41, 5.74) is 0. The lowest BCUT2D eigenvalue weighted by Gasteiger charge is -2.41. The number of aliphatic hydroxyl groups is 1. The second-order valence-corrected chi connectivity index (χ2v) is 7.13. The molecule has 3 unspecified atom stereocenters.